The van der Waals surface area contributed by atoms with Crippen LogP contribution in [0.2, 0.25) is 0 Å². The Morgan fingerprint density at radius 2 is 1.18 bits per heavy atom. The number of carbonyl (C=O) groups excluding carboxylic acids is 1. The summed E-state index contributed by atoms with van der Waals surface area (Å²) >= 11 is 0. The molecule has 40 heavy (non-hydrogen) atoms. The van der Waals surface area contributed by atoms with Gasteiger partial charge in [-0.15, -0.1) is 0 Å². The van der Waals surface area contributed by atoms with E-state index in [2.05, 4.69) is 0 Å². The van der Waals surface area contributed by atoms with Crippen LogP contribution in [0.3, 0.4) is 0 Å². The van der Waals surface area contributed by atoms with E-state index in [1.807, 2.05) is 121 Å². The summed E-state index contributed by atoms with van der Waals surface area (Å²) in [6, 6.07) is 41.1. The minimum Gasteiger partial charge on any atom is -0.485 e. The molecule has 198 valence electrons. The van der Waals surface area contributed by atoms with Crippen molar-refractivity contribution < 1.29 is 23.7 Å². The molecule has 5 heteroatoms. The maximum atomic E-state index is 13.2. The number of ether oxygens (including phenoxy) is 4. The lowest BCUT2D eigenvalue weighted by molar-refractivity contribution is -0.0472. The Labute approximate surface area is 233 Å². The number of esters is 1. The average molecular weight is 529 g/mol. The molecule has 0 saturated heterocycles. The fourth-order valence-corrected chi connectivity index (χ4v) is 5.00. The van der Waals surface area contributed by atoms with Gasteiger partial charge in [0.1, 0.15) is 6.61 Å². The average Bonchev–Trinajstić information content (AvgIpc) is 3.45. The van der Waals surface area contributed by atoms with Gasteiger partial charge in [-0.2, -0.15) is 0 Å². The van der Waals surface area contributed by atoms with Crippen LogP contribution in [0, 0.1) is 0 Å². The summed E-state index contributed by atoms with van der Waals surface area (Å²) in [6.07, 6.45) is 0.440. The first-order valence-electron chi connectivity index (χ1n) is 13.2. The van der Waals surface area contributed by atoms with Crippen LogP contribution in [0.4, 0.5) is 0 Å². The molecule has 0 aromatic heterocycles. The molecular formula is C35H28O5. The van der Waals surface area contributed by atoms with Crippen LogP contribution in [0.5, 0.6) is 17.2 Å². The van der Waals surface area contributed by atoms with Crippen molar-refractivity contribution in [1.82, 2.24) is 0 Å². The first-order valence-corrected chi connectivity index (χ1v) is 13.2. The van der Waals surface area contributed by atoms with Gasteiger partial charge < -0.3 is 18.9 Å². The number of fused-ring (bicyclic) bond motifs is 1. The highest BCUT2D eigenvalue weighted by Crippen LogP contribution is 2.55. The van der Waals surface area contributed by atoms with Crippen molar-refractivity contribution in [1.29, 1.82) is 0 Å². The van der Waals surface area contributed by atoms with Gasteiger partial charge in [0.05, 0.1) is 12.7 Å². The van der Waals surface area contributed by atoms with Crippen molar-refractivity contribution in [3.05, 3.63) is 161 Å². The summed E-state index contributed by atoms with van der Waals surface area (Å²) in [5, 5.41) is 0. The van der Waals surface area contributed by atoms with Gasteiger partial charge in [-0.3, -0.25) is 0 Å². The third-order valence-electron chi connectivity index (χ3n) is 6.97. The Balaban J connectivity index is 1.55. The lowest BCUT2D eigenvalue weighted by Crippen LogP contribution is -2.36. The number of hydrogen-bond donors (Lipinski definition) is 0. The molecule has 5 nitrogen and oxygen atoms in total. The van der Waals surface area contributed by atoms with Crippen LogP contribution in [0.25, 0.3) is 0 Å². The maximum Gasteiger partial charge on any atom is 0.338 e. The van der Waals surface area contributed by atoms with E-state index in [1.165, 1.54) is 7.11 Å². The van der Waals surface area contributed by atoms with Gasteiger partial charge in [-0.25, -0.2) is 4.79 Å². The van der Waals surface area contributed by atoms with Gasteiger partial charge in [0.25, 0.3) is 0 Å². The minimum atomic E-state index is -1.28. The second-order valence-electron chi connectivity index (χ2n) is 9.54. The predicted octanol–water partition coefficient (Wildman–Crippen LogP) is 7.32. The van der Waals surface area contributed by atoms with E-state index in [1.54, 1.807) is 6.07 Å². The zero-order valence-electron chi connectivity index (χ0n) is 22.1. The second kappa shape index (κ2) is 11.0. The summed E-state index contributed by atoms with van der Waals surface area (Å²) in [5.74, 6) is -0.441. The quantitative estimate of drug-likeness (QED) is 0.198. The van der Waals surface area contributed by atoms with Gasteiger partial charge in [0.2, 0.25) is 5.75 Å². The molecule has 6 rings (SSSR count). The first kappa shape index (κ1) is 25.3. The lowest BCUT2D eigenvalue weighted by atomic mass is 9.97. The van der Waals surface area contributed by atoms with Crippen LogP contribution in [-0.2, 0) is 23.6 Å². The van der Waals surface area contributed by atoms with Crippen LogP contribution < -0.4 is 14.2 Å². The molecule has 0 unspecified atom stereocenters. The molecule has 1 heterocycles. The SMILES string of the molecule is COC(=O)c1cc(OCc2ccccc2)c2c(c1Cc1ccccc1)OC(c1ccccc1)(c1ccccc1)O2. The monoisotopic (exact) mass is 528 g/mol. The summed E-state index contributed by atoms with van der Waals surface area (Å²) in [5.41, 5.74) is 4.68. The zero-order valence-corrected chi connectivity index (χ0v) is 22.1. The smallest absolute Gasteiger partial charge is 0.338 e. The Bertz CT molecular complexity index is 1560. The molecule has 0 atom stereocenters. The van der Waals surface area contributed by atoms with Crippen molar-refractivity contribution in [2.75, 3.05) is 7.11 Å². The summed E-state index contributed by atoms with van der Waals surface area (Å²) in [4.78, 5) is 13.2. The normalized spacial score (nSPS) is 13.0. The molecule has 0 fully saturated rings. The first-order chi connectivity index (χ1) is 19.7. The predicted molar refractivity (Wildman–Crippen MR) is 153 cm³/mol. The molecule has 0 N–H and O–H groups in total. The molecule has 0 spiro atoms. The number of hydrogen-bond acceptors (Lipinski definition) is 5. The van der Waals surface area contributed by atoms with E-state index in [0.29, 0.717) is 41.4 Å². The highest BCUT2D eigenvalue weighted by molar-refractivity contribution is 5.93. The summed E-state index contributed by atoms with van der Waals surface area (Å²) in [6.45, 7) is 0.291. The molecule has 0 radical (unpaired) electrons. The Morgan fingerprint density at radius 3 is 1.73 bits per heavy atom. The van der Waals surface area contributed by atoms with Crippen LogP contribution in [0.15, 0.2) is 127 Å². The number of methoxy groups -OCH3 is 1. The molecule has 5 aromatic rings. The van der Waals surface area contributed by atoms with Gasteiger partial charge in [-0.05, 0) is 17.2 Å². The van der Waals surface area contributed by atoms with Crippen molar-refractivity contribution >= 4 is 5.97 Å². The molecule has 1 aliphatic heterocycles. The fraction of sp³-hybridized carbons (Fsp3) is 0.114. The van der Waals surface area contributed by atoms with E-state index in [4.69, 9.17) is 18.9 Å². The van der Waals surface area contributed by atoms with Gasteiger partial charge in [0.15, 0.2) is 11.5 Å². The van der Waals surface area contributed by atoms with Crippen molar-refractivity contribution in [3.63, 3.8) is 0 Å². The zero-order chi connectivity index (χ0) is 27.4. The Hall–Kier alpha value is -5.03. The fourth-order valence-electron chi connectivity index (χ4n) is 5.00. The third-order valence-corrected chi connectivity index (χ3v) is 6.97. The topological polar surface area (TPSA) is 54.0 Å². The lowest BCUT2D eigenvalue weighted by Gasteiger charge is -2.28. The summed E-state index contributed by atoms with van der Waals surface area (Å²) in [7, 11) is 1.38. The van der Waals surface area contributed by atoms with E-state index < -0.39 is 11.8 Å². The third kappa shape index (κ3) is 4.78. The number of rotatable bonds is 8. The van der Waals surface area contributed by atoms with Gasteiger partial charge >= 0.3 is 11.8 Å². The molecule has 0 aliphatic carbocycles. The largest absolute Gasteiger partial charge is 0.485 e. The number of benzene rings is 5. The summed E-state index contributed by atoms with van der Waals surface area (Å²) < 4.78 is 25.3. The second-order valence-corrected chi connectivity index (χ2v) is 9.54. The highest BCUT2D eigenvalue weighted by atomic mass is 16.7. The van der Waals surface area contributed by atoms with Crippen LogP contribution in [-0.4, -0.2) is 13.1 Å². The van der Waals surface area contributed by atoms with Gasteiger partial charge in [0, 0.05) is 23.1 Å². The van der Waals surface area contributed by atoms with Crippen LogP contribution in [0.1, 0.15) is 38.2 Å². The van der Waals surface area contributed by atoms with Crippen LogP contribution >= 0.6 is 0 Å². The molecule has 5 aromatic carbocycles. The van der Waals surface area contributed by atoms with E-state index in [0.717, 1.165) is 22.3 Å². The molecule has 0 amide bonds. The minimum absolute atomic E-state index is 0.291. The van der Waals surface area contributed by atoms with E-state index in [-0.39, 0.29) is 0 Å². The van der Waals surface area contributed by atoms with E-state index in [9.17, 15) is 4.79 Å². The van der Waals surface area contributed by atoms with Crippen molar-refractivity contribution in [3.8, 4) is 17.2 Å². The molecule has 0 bridgehead atoms. The standard InChI is InChI=1S/C35H28O5/c1-37-34(36)30-23-31(38-24-26-16-8-3-9-17-26)33-32(29(30)22-25-14-6-2-7-15-25)39-35(40-33,27-18-10-4-11-19-27)28-20-12-5-13-21-28/h2-21,23H,22,24H2,1H3. The molecule has 1 aliphatic rings. The van der Waals surface area contributed by atoms with Gasteiger partial charge in [-0.1, -0.05) is 121 Å². The maximum absolute atomic E-state index is 13.2. The van der Waals surface area contributed by atoms with Crippen molar-refractivity contribution in [2.24, 2.45) is 0 Å². The molecule has 0 saturated carbocycles. The Morgan fingerprint density at radius 1 is 0.675 bits per heavy atom. The highest BCUT2D eigenvalue weighted by Gasteiger charge is 2.48. The Kier molecular flexibility index (Phi) is 6.94. The van der Waals surface area contributed by atoms with Crippen molar-refractivity contribution in [2.45, 2.75) is 18.8 Å². The number of carbonyl (C=O) groups is 1. The van der Waals surface area contributed by atoms with E-state index >= 15 is 0 Å². The molecular weight excluding hydrogens is 500 g/mol.